The number of carbonyl (C=O) groups is 5. The Balaban J connectivity index is 1.25. The van der Waals surface area contributed by atoms with Crippen LogP contribution >= 0.6 is 22.9 Å². The predicted octanol–water partition coefficient (Wildman–Crippen LogP) is 5.28. The smallest absolute Gasteiger partial charge is 0.328 e. The van der Waals surface area contributed by atoms with E-state index in [9.17, 15) is 29.1 Å². The van der Waals surface area contributed by atoms with Crippen LogP contribution in [0.3, 0.4) is 0 Å². The molecular formula is C35H30ClN5O6S. The van der Waals surface area contributed by atoms with Crippen molar-refractivity contribution in [3.05, 3.63) is 76.3 Å². The average molecular weight is 684 g/mol. The molecule has 11 nitrogen and oxygen atoms in total. The number of fused-ring (bicyclic) bond motifs is 5. The molecule has 2 saturated heterocycles. The first-order valence-electron chi connectivity index (χ1n) is 15.6. The van der Waals surface area contributed by atoms with Gasteiger partial charge in [-0.2, -0.15) is 10.00 Å². The first kappa shape index (κ1) is 30.5. The average Bonchev–Trinajstić information content (AvgIpc) is 3.71. The highest BCUT2D eigenvalue weighted by molar-refractivity contribution is 7.22. The van der Waals surface area contributed by atoms with Crippen molar-refractivity contribution < 1.29 is 29.1 Å². The maximum atomic E-state index is 14.8. The quantitative estimate of drug-likeness (QED) is 0.220. The summed E-state index contributed by atoms with van der Waals surface area (Å²) in [6.45, 7) is 3.77. The number of nitrogens with zero attached hydrogens (tertiary/aromatic N) is 4. The summed E-state index contributed by atoms with van der Waals surface area (Å²) < 4.78 is 2.57. The zero-order valence-electron chi connectivity index (χ0n) is 26.1. The number of carbonyl (C=O) groups excluding carboxylic acids is 5. The number of imide groups is 4. The highest BCUT2D eigenvalue weighted by Gasteiger charge is 2.68. The second-order valence-corrected chi connectivity index (χ2v) is 14.8. The molecule has 6 amide bonds. The maximum absolute atomic E-state index is 14.8. The number of phenolic OH excluding ortho intramolecular Hbond substituents is 1. The van der Waals surface area contributed by atoms with Crippen molar-refractivity contribution in [3.8, 4) is 16.3 Å². The number of aromatic hydroxyl groups is 1. The van der Waals surface area contributed by atoms with Gasteiger partial charge in [0.15, 0.2) is 0 Å². The fraction of sp³-hybridized carbons (Fsp3) is 0.314. The van der Waals surface area contributed by atoms with Crippen molar-refractivity contribution in [2.45, 2.75) is 32.6 Å². The first-order valence-corrected chi connectivity index (χ1v) is 16.8. The first-order chi connectivity index (χ1) is 22.8. The minimum atomic E-state index is -1.27. The third kappa shape index (κ3) is 3.99. The van der Waals surface area contributed by atoms with Crippen LogP contribution < -0.4 is 10.6 Å². The third-order valence-electron chi connectivity index (χ3n) is 10.9. The van der Waals surface area contributed by atoms with Crippen molar-refractivity contribution in [3.63, 3.8) is 0 Å². The number of primary amides is 1. The molecule has 2 aliphatic heterocycles. The molecular weight excluding hydrogens is 654 g/mol. The number of phenols is 1. The van der Waals surface area contributed by atoms with Crippen LogP contribution in [0.1, 0.15) is 36.8 Å². The SMILES string of the molecule is Cc1c(-c2cc(N3C(=O)[C@@H]4C[C@@H]5C(=CC[C@@H]6C(=O)N(C(N)=O)C(=O)[C@@H]65)[C@H](c5ccc(O)cc5)[C@]4(C)C3=O)n(C)n2)sc2ccc(Cl)cc12. The molecule has 8 rings (SSSR count). The summed E-state index contributed by atoms with van der Waals surface area (Å²) in [5.41, 5.74) is 7.22. The Morgan fingerprint density at radius 2 is 1.77 bits per heavy atom. The van der Waals surface area contributed by atoms with Crippen LogP contribution in [0.5, 0.6) is 5.75 Å². The number of benzene rings is 2. The third-order valence-corrected chi connectivity index (χ3v) is 12.5. The normalized spacial score (nSPS) is 28.2. The van der Waals surface area contributed by atoms with E-state index in [4.69, 9.17) is 22.4 Å². The van der Waals surface area contributed by atoms with Crippen LogP contribution in [0.15, 0.2) is 60.2 Å². The summed E-state index contributed by atoms with van der Waals surface area (Å²) in [5.74, 6) is -5.57. The summed E-state index contributed by atoms with van der Waals surface area (Å²) >= 11 is 7.82. The van der Waals surface area contributed by atoms with Gasteiger partial charge in [-0.3, -0.25) is 23.9 Å². The number of likely N-dealkylation sites (tertiary alicyclic amines) is 1. The lowest BCUT2D eigenvalue weighted by atomic mass is 9.51. The molecule has 4 heterocycles. The molecule has 0 unspecified atom stereocenters. The molecule has 1 saturated carbocycles. The van der Waals surface area contributed by atoms with Crippen molar-refractivity contribution in [1.29, 1.82) is 0 Å². The molecule has 3 fully saturated rings. The Bertz CT molecular complexity index is 2170. The van der Waals surface area contributed by atoms with Gasteiger partial charge in [-0.25, -0.2) is 9.69 Å². The van der Waals surface area contributed by atoms with Gasteiger partial charge in [-0.15, -0.1) is 11.3 Å². The van der Waals surface area contributed by atoms with Crippen molar-refractivity contribution in [2.75, 3.05) is 4.90 Å². The van der Waals surface area contributed by atoms with Crippen molar-refractivity contribution >= 4 is 68.5 Å². The fourth-order valence-corrected chi connectivity index (χ4v) is 10.0. The number of hydrogen-bond acceptors (Lipinski definition) is 8. The Hall–Kier alpha value is -4.81. The number of halogens is 1. The molecule has 0 bridgehead atoms. The van der Waals surface area contributed by atoms with E-state index in [0.717, 1.165) is 26.1 Å². The molecule has 2 aromatic heterocycles. The maximum Gasteiger partial charge on any atom is 0.328 e. The van der Waals surface area contributed by atoms with E-state index < -0.39 is 64.7 Å². The number of rotatable bonds is 3. The van der Waals surface area contributed by atoms with Gasteiger partial charge in [-0.1, -0.05) is 35.4 Å². The predicted molar refractivity (Wildman–Crippen MR) is 178 cm³/mol. The lowest BCUT2D eigenvalue weighted by Gasteiger charge is -2.49. The lowest BCUT2D eigenvalue weighted by molar-refractivity contribution is -0.136. The summed E-state index contributed by atoms with van der Waals surface area (Å²) in [7, 11) is 1.69. The van der Waals surface area contributed by atoms with E-state index in [2.05, 4.69) is 0 Å². The van der Waals surface area contributed by atoms with Gasteiger partial charge in [0.1, 0.15) is 17.3 Å². The molecule has 0 radical (unpaired) electrons. The number of hydrogen-bond donors (Lipinski definition) is 2. The summed E-state index contributed by atoms with van der Waals surface area (Å²) in [6.07, 6.45) is 2.21. The molecule has 2 aliphatic carbocycles. The molecule has 13 heteroatoms. The van der Waals surface area contributed by atoms with Gasteiger partial charge in [0.05, 0.1) is 28.0 Å². The van der Waals surface area contributed by atoms with E-state index in [1.165, 1.54) is 21.7 Å². The largest absolute Gasteiger partial charge is 0.508 e. The molecule has 0 spiro atoms. The van der Waals surface area contributed by atoms with Crippen LogP contribution in [0.4, 0.5) is 10.6 Å². The lowest BCUT2D eigenvalue weighted by Crippen LogP contribution is -2.49. The van der Waals surface area contributed by atoms with Crippen molar-refractivity contribution in [2.24, 2.45) is 41.9 Å². The number of amides is 6. The zero-order valence-corrected chi connectivity index (χ0v) is 27.7. The molecule has 4 aromatic rings. The summed E-state index contributed by atoms with van der Waals surface area (Å²) in [5, 5.41) is 16.5. The monoisotopic (exact) mass is 683 g/mol. The van der Waals surface area contributed by atoms with Gasteiger partial charge >= 0.3 is 6.03 Å². The van der Waals surface area contributed by atoms with Crippen LogP contribution in [-0.2, 0) is 26.2 Å². The molecule has 4 aliphatic rings. The standard InChI is InChI=1S/C35H30ClN5O6S/c1-15-21-12-17(36)6-11-25(21)48-29(15)24-14-26(39(3)38-24)40-31(44)23-13-22-19(9-10-20-27(22)32(45)41(30(20)43)34(37)47)28(35(23,2)33(40)46)16-4-7-18(42)8-5-16/h4-9,11-12,14,20,22-23,27-28,42H,10,13H2,1-3H3,(H2,37,47)/t20-,22+,23-,27-,28-,35+/m0/s1. The molecule has 3 N–H and O–H groups in total. The highest BCUT2D eigenvalue weighted by Crippen LogP contribution is 2.63. The number of anilines is 1. The Kier molecular flexibility index (Phi) is 6.58. The molecule has 2 aromatic carbocycles. The van der Waals surface area contributed by atoms with Crippen LogP contribution in [0, 0.1) is 36.0 Å². The minimum absolute atomic E-state index is 0.0378. The number of aryl methyl sites for hydroxylation is 2. The van der Waals surface area contributed by atoms with E-state index in [1.807, 2.05) is 31.2 Å². The van der Waals surface area contributed by atoms with Gasteiger partial charge < -0.3 is 10.8 Å². The van der Waals surface area contributed by atoms with Crippen LogP contribution in [0.2, 0.25) is 5.02 Å². The van der Waals surface area contributed by atoms with Crippen LogP contribution in [0.25, 0.3) is 20.7 Å². The summed E-state index contributed by atoms with van der Waals surface area (Å²) in [4.78, 5) is 70.9. The number of aromatic nitrogens is 2. The minimum Gasteiger partial charge on any atom is -0.508 e. The number of nitrogens with two attached hydrogens (primary N) is 1. The second kappa shape index (κ2) is 10.3. The van der Waals surface area contributed by atoms with E-state index in [-0.39, 0.29) is 18.6 Å². The van der Waals surface area contributed by atoms with Crippen LogP contribution in [-0.4, -0.2) is 49.4 Å². The van der Waals surface area contributed by atoms with Gasteiger partial charge in [0.2, 0.25) is 23.6 Å². The van der Waals surface area contributed by atoms with Gasteiger partial charge in [-0.05, 0) is 79.5 Å². The molecule has 6 atom stereocenters. The number of urea groups is 1. The van der Waals surface area contributed by atoms with Gasteiger partial charge in [0, 0.05) is 28.8 Å². The highest BCUT2D eigenvalue weighted by atomic mass is 35.5. The Labute approximate surface area is 283 Å². The van der Waals surface area contributed by atoms with Gasteiger partial charge in [0.25, 0.3) is 0 Å². The zero-order chi connectivity index (χ0) is 34.0. The second-order valence-electron chi connectivity index (χ2n) is 13.3. The Morgan fingerprint density at radius 3 is 2.48 bits per heavy atom. The Morgan fingerprint density at radius 1 is 1.04 bits per heavy atom. The van der Waals surface area contributed by atoms with E-state index >= 15 is 0 Å². The van der Waals surface area contributed by atoms with Crippen molar-refractivity contribution in [1.82, 2.24) is 14.7 Å². The number of allylic oxidation sites excluding steroid dienone is 2. The van der Waals surface area contributed by atoms with E-state index in [1.54, 1.807) is 43.5 Å². The molecule has 244 valence electrons. The fourth-order valence-electron chi connectivity index (χ4n) is 8.71. The van der Waals surface area contributed by atoms with E-state index in [0.29, 0.717) is 27.0 Å². The number of thiophene rings is 1. The topological polar surface area (TPSA) is 156 Å². The summed E-state index contributed by atoms with van der Waals surface area (Å²) in [6, 6.07) is 12.8. The molecule has 48 heavy (non-hydrogen) atoms.